The van der Waals surface area contributed by atoms with Crippen LogP contribution < -0.4 is 0 Å². The third-order valence-electron chi connectivity index (χ3n) is 3.73. The zero-order valence-corrected chi connectivity index (χ0v) is 12.4. The highest BCUT2D eigenvalue weighted by atomic mass is 16.7. The maximum absolute atomic E-state index is 12.4. The van der Waals surface area contributed by atoms with Crippen molar-refractivity contribution in [2.24, 2.45) is 11.1 Å². The Hall–Kier alpha value is -3.28. The largest absolute Gasteiger partial charge is 0.464 e. The summed E-state index contributed by atoms with van der Waals surface area (Å²) < 4.78 is 6.03. The molecular weight excluding hydrogens is 300 g/mol. The number of carbonyl (C=O) groups is 1. The Labute approximate surface area is 131 Å². The van der Waals surface area contributed by atoms with E-state index in [0.29, 0.717) is 16.8 Å². The number of aromatic nitrogens is 4. The highest BCUT2D eigenvalue weighted by molar-refractivity contribution is 6.05. The van der Waals surface area contributed by atoms with E-state index in [4.69, 9.17) is 14.8 Å². The first kappa shape index (κ1) is 14.6. The minimum absolute atomic E-state index is 0.482. The second-order valence-corrected chi connectivity index (χ2v) is 4.92. The number of hydrogen-bond donors (Lipinski definition) is 0. The molecule has 116 valence electrons. The van der Waals surface area contributed by atoms with E-state index >= 15 is 0 Å². The number of carbonyl (C=O) groups excluding carboxylic acids is 1. The number of nitrogens with zero attached hydrogens (tertiary/aromatic N) is 6. The van der Waals surface area contributed by atoms with Gasteiger partial charge in [-0.05, 0) is 22.6 Å². The van der Waals surface area contributed by atoms with Crippen molar-refractivity contribution in [3.05, 3.63) is 41.7 Å². The number of ether oxygens (including phenoxy) is 1. The second-order valence-electron chi connectivity index (χ2n) is 4.92. The number of rotatable bonds is 3. The lowest BCUT2D eigenvalue weighted by Crippen LogP contribution is -2.49. The van der Waals surface area contributed by atoms with Crippen LogP contribution in [0.2, 0.25) is 0 Å². The quantitative estimate of drug-likeness (QED) is 0.755. The molecule has 2 unspecified atom stereocenters. The predicted molar refractivity (Wildman–Crippen MR) is 75.8 cm³/mol. The molecule has 9 nitrogen and oxygen atoms in total. The van der Waals surface area contributed by atoms with Crippen molar-refractivity contribution in [3.63, 3.8) is 0 Å². The zero-order chi connectivity index (χ0) is 16.4. The van der Waals surface area contributed by atoms with Crippen molar-refractivity contribution in [2.45, 2.75) is 12.6 Å². The lowest BCUT2D eigenvalue weighted by molar-refractivity contribution is -0.190. The van der Waals surface area contributed by atoms with Crippen molar-refractivity contribution in [3.8, 4) is 6.07 Å². The van der Waals surface area contributed by atoms with E-state index in [1.54, 1.807) is 31.2 Å². The van der Waals surface area contributed by atoms with Crippen molar-refractivity contribution < 1.29 is 14.4 Å². The fourth-order valence-electron chi connectivity index (χ4n) is 2.52. The molecule has 2 aromatic rings. The van der Waals surface area contributed by atoms with E-state index < -0.39 is 17.6 Å². The van der Waals surface area contributed by atoms with Crippen molar-refractivity contribution >= 4 is 11.7 Å². The minimum atomic E-state index is -1.61. The van der Waals surface area contributed by atoms with Crippen LogP contribution in [0.3, 0.4) is 0 Å². The maximum atomic E-state index is 12.4. The van der Waals surface area contributed by atoms with Crippen molar-refractivity contribution in [1.82, 2.24) is 20.2 Å². The lowest BCUT2D eigenvalue weighted by Gasteiger charge is -2.27. The fourth-order valence-corrected chi connectivity index (χ4v) is 2.52. The van der Waals surface area contributed by atoms with Gasteiger partial charge in [-0.2, -0.15) is 9.94 Å². The molecule has 1 aliphatic heterocycles. The van der Waals surface area contributed by atoms with Gasteiger partial charge in [0.15, 0.2) is 0 Å². The Morgan fingerprint density at radius 1 is 1.52 bits per heavy atom. The number of tetrazole rings is 1. The Balaban J connectivity index is 2.05. The molecule has 1 aromatic carbocycles. The summed E-state index contributed by atoms with van der Waals surface area (Å²) in [5.41, 5.74) is 0.0461. The third-order valence-corrected chi connectivity index (χ3v) is 3.73. The van der Waals surface area contributed by atoms with Crippen molar-refractivity contribution in [1.29, 1.82) is 5.26 Å². The number of hydrogen-bond acceptors (Lipinski definition) is 8. The average molecular weight is 312 g/mol. The minimum Gasteiger partial charge on any atom is -0.464 e. The molecule has 0 amide bonds. The number of methoxy groups -OCH3 is 1. The van der Waals surface area contributed by atoms with Gasteiger partial charge in [-0.25, -0.2) is 4.79 Å². The molecule has 2 atom stereocenters. The smallest absolute Gasteiger partial charge is 0.377 e. The van der Waals surface area contributed by atoms with Gasteiger partial charge in [-0.3, -0.25) is 0 Å². The summed E-state index contributed by atoms with van der Waals surface area (Å²) in [5.74, 6) is -1.21. The molecule has 9 heteroatoms. The molecule has 2 heterocycles. The number of esters is 1. The first-order valence-electron chi connectivity index (χ1n) is 6.72. The van der Waals surface area contributed by atoms with E-state index in [1.807, 2.05) is 0 Å². The third kappa shape index (κ3) is 2.12. The highest BCUT2D eigenvalue weighted by Crippen LogP contribution is 2.37. The van der Waals surface area contributed by atoms with E-state index in [-0.39, 0.29) is 0 Å². The average Bonchev–Trinajstić information content (AvgIpc) is 3.23. The van der Waals surface area contributed by atoms with Gasteiger partial charge in [-0.15, -0.1) is 5.10 Å². The summed E-state index contributed by atoms with van der Waals surface area (Å²) >= 11 is 0. The predicted octanol–water partition coefficient (Wildman–Crippen LogP) is 0.441. The van der Waals surface area contributed by atoms with Crippen molar-refractivity contribution in [2.75, 3.05) is 7.11 Å². The van der Waals surface area contributed by atoms with Crippen LogP contribution in [0, 0.1) is 17.2 Å². The van der Waals surface area contributed by atoms with Gasteiger partial charge in [0.1, 0.15) is 6.33 Å². The van der Waals surface area contributed by atoms with Crippen LogP contribution in [0.25, 0.3) is 0 Å². The fraction of sp³-hybridized carbons (Fsp3) is 0.286. The van der Waals surface area contributed by atoms with Gasteiger partial charge < -0.3 is 9.57 Å². The summed E-state index contributed by atoms with van der Waals surface area (Å²) in [6, 6.07) is 8.93. The second kappa shape index (κ2) is 5.49. The Morgan fingerprint density at radius 2 is 2.35 bits per heavy atom. The van der Waals surface area contributed by atoms with Gasteiger partial charge in [0.25, 0.3) is 0 Å². The van der Waals surface area contributed by atoms with Gasteiger partial charge in [0.05, 0.1) is 30.4 Å². The van der Waals surface area contributed by atoms with Crippen LogP contribution in [-0.2, 0) is 20.1 Å². The Bertz CT molecular complexity index is 810. The normalized spacial score (nSPS) is 22.8. The molecule has 23 heavy (non-hydrogen) atoms. The monoisotopic (exact) mass is 312 g/mol. The molecule has 0 aliphatic carbocycles. The SMILES string of the molecule is COC(=O)C1(n2cnnn2)ON=C(c2cccc(C#N)c2)C1C. The molecule has 3 rings (SSSR count). The van der Waals surface area contributed by atoms with Crippen LogP contribution in [0.1, 0.15) is 18.1 Å². The van der Waals surface area contributed by atoms with E-state index in [9.17, 15) is 4.79 Å². The maximum Gasteiger partial charge on any atom is 0.377 e. The number of nitriles is 1. The van der Waals surface area contributed by atoms with Gasteiger partial charge in [-0.1, -0.05) is 24.2 Å². The number of oxime groups is 1. The number of benzene rings is 1. The Morgan fingerprint density at radius 3 is 3.00 bits per heavy atom. The summed E-state index contributed by atoms with van der Waals surface area (Å²) in [7, 11) is 1.25. The standard InChI is InChI=1S/C14H12N6O3/c1-9-12(11-5-3-4-10(6-11)7-15)17-23-14(9,13(21)22-2)20-8-16-18-19-20/h3-6,8-9H,1-2H3. The van der Waals surface area contributed by atoms with Crippen LogP contribution in [-0.4, -0.2) is 39.0 Å². The van der Waals surface area contributed by atoms with E-state index in [2.05, 4.69) is 26.8 Å². The molecule has 1 aromatic heterocycles. The summed E-state index contributed by atoms with van der Waals surface area (Å²) in [5, 5.41) is 23.9. The molecular formula is C14H12N6O3. The molecule has 0 bridgehead atoms. The first-order valence-corrected chi connectivity index (χ1v) is 6.72. The topological polar surface area (TPSA) is 115 Å². The molecule has 0 radical (unpaired) electrons. The molecule has 0 spiro atoms. The molecule has 0 N–H and O–H groups in total. The zero-order valence-electron chi connectivity index (χ0n) is 12.4. The molecule has 0 saturated carbocycles. The van der Waals surface area contributed by atoms with Crippen LogP contribution in [0.4, 0.5) is 0 Å². The summed E-state index contributed by atoms with van der Waals surface area (Å²) in [6.07, 6.45) is 1.26. The first-order chi connectivity index (χ1) is 11.1. The summed E-state index contributed by atoms with van der Waals surface area (Å²) in [6.45, 7) is 1.75. The van der Waals surface area contributed by atoms with Gasteiger partial charge >= 0.3 is 11.7 Å². The van der Waals surface area contributed by atoms with Crippen LogP contribution >= 0.6 is 0 Å². The lowest BCUT2D eigenvalue weighted by atomic mass is 9.89. The molecule has 0 fully saturated rings. The molecule has 1 aliphatic rings. The Kier molecular flexibility index (Phi) is 3.50. The van der Waals surface area contributed by atoms with Crippen LogP contribution in [0.15, 0.2) is 35.7 Å². The van der Waals surface area contributed by atoms with Crippen LogP contribution in [0.5, 0.6) is 0 Å². The van der Waals surface area contributed by atoms with E-state index in [1.165, 1.54) is 18.1 Å². The van der Waals surface area contributed by atoms with Gasteiger partial charge in [0, 0.05) is 5.56 Å². The molecule has 0 saturated heterocycles. The van der Waals surface area contributed by atoms with Gasteiger partial charge in [0.2, 0.25) is 0 Å². The highest BCUT2D eigenvalue weighted by Gasteiger charge is 2.57. The van der Waals surface area contributed by atoms with E-state index in [0.717, 1.165) is 0 Å². The summed E-state index contributed by atoms with van der Waals surface area (Å²) in [4.78, 5) is 17.8.